The van der Waals surface area contributed by atoms with E-state index in [2.05, 4.69) is 29.3 Å². The fraction of sp³-hybridized carbons (Fsp3) is 0.222. The van der Waals surface area contributed by atoms with Gasteiger partial charge in [-0.2, -0.15) is 0 Å². The van der Waals surface area contributed by atoms with Crippen LogP contribution in [0, 0.1) is 0 Å². The lowest BCUT2D eigenvalue weighted by molar-refractivity contribution is 0.563. The van der Waals surface area contributed by atoms with Gasteiger partial charge in [-0.1, -0.05) is 18.2 Å². The van der Waals surface area contributed by atoms with Crippen molar-refractivity contribution < 1.29 is 4.79 Å². The molecule has 0 N–H and O–H groups in total. The molecule has 0 spiro atoms. The highest BCUT2D eigenvalue weighted by Crippen LogP contribution is 2.32. The molecule has 0 bridgehead atoms. The Kier molecular flexibility index (Phi) is 2.59. The van der Waals surface area contributed by atoms with Crippen LogP contribution in [0.2, 0.25) is 0 Å². The van der Waals surface area contributed by atoms with Crippen molar-refractivity contribution in [1.82, 2.24) is 0 Å². The molecule has 2 aliphatic carbocycles. The van der Waals surface area contributed by atoms with E-state index in [9.17, 15) is 0 Å². The molecule has 0 unspecified atom stereocenters. The minimum atomic E-state index is 0.545. The van der Waals surface area contributed by atoms with Gasteiger partial charge in [-0.25, -0.2) is 9.79 Å². The number of fused-ring (bicyclic) bond motifs is 1. The number of rotatable bonds is 1. The molecule has 0 fully saturated rings. The first-order valence-electron chi connectivity index (χ1n) is 3.52. The monoisotopic (exact) mass is 147 g/mol. The van der Waals surface area contributed by atoms with Crippen molar-refractivity contribution in [3.8, 4) is 11.1 Å². The van der Waals surface area contributed by atoms with E-state index in [-0.39, 0.29) is 0 Å². The molecular weight excluding hydrogens is 138 g/mol. The van der Waals surface area contributed by atoms with E-state index < -0.39 is 0 Å². The molecule has 56 valence electrons. The average molecular weight is 147 g/mol. The van der Waals surface area contributed by atoms with Gasteiger partial charge in [-0.05, 0) is 24.1 Å². The number of benzene rings is 1. The molecule has 11 heavy (non-hydrogen) atoms. The maximum absolute atomic E-state index is 9.11. The molecule has 0 heterocycles. The van der Waals surface area contributed by atoms with Crippen LogP contribution in [-0.4, -0.2) is 12.6 Å². The van der Waals surface area contributed by atoms with E-state index >= 15 is 0 Å². The molecule has 0 atom stereocenters. The second-order valence-corrected chi connectivity index (χ2v) is 2.15. The van der Waals surface area contributed by atoms with Crippen LogP contribution >= 0.6 is 0 Å². The van der Waals surface area contributed by atoms with Crippen LogP contribution in [0.4, 0.5) is 0 Å². The van der Waals surface area contributed by atoms with Gasteiger partial charge >= 0.3 is 0 Å². The summed E-state index contributed by atoms with van der Waals surface area (Å²) < 4.78 is 0. The summed E-state index contributed by atoms with van der Waals surface area (Å²) in [6, 6.07) is 8.48. The van der Waals surface area contributed by atoms with Gasteiger partial charge < -0.3 is 0 Å². The van der Waals surface area contributed by atoms with E-state index in [1.807, 2.05) is 0 Å². The summed E-state index contributed by atoms with van der Waals surface area (Å²) in [6.07, 6.45) is 1.39. The molecule has 2 heteroatoms. The van der Waals surface area contributed by atoms with E-state index in [0.29, 0.717) is 6.54 Å². The Balaban J connectivity index is 0.000000114. The zero-order chi connectivity index (χ0) is 8.10. The van der Waals surface area contributed by atoms with Crippen molar-refractivity contribution in [2.75, 3.05) is 6.54 Å². The minimum absolute atomic E-state index is 0.545. The Labute approximate surface area is 65.6 Å². The first-order chi connectivity index (χ1) is 5.38. The fourth-order valence-corrected chi connectivity index (χ4v) is 0.740. The van der Waals surface area contributed by atoms with Crippen molar-refractivity contribution in [1.29, 1.82) is 0 Å². The molecule has 2 nitrogen and oxygen atoms in total. The normalized spacial score (nSPS) is 8.82. The summed E-state index contributed by atoms with van der Waals surface area (Å²) >= 11 is 0. The van der Waals surface area contributed by atoms with Gasteiger partial charge in [0.15, 0.2) is 0 Å². The molecule has 0 aromatic rings. The second-order valence-electron chi connectivity index (χ2n) is 2.15. The number of hydrogen-bond donors (Lipinski definition) is 0. The molecule has 0 saturated carbocycles. The predicted octanol–water partition coefficient (Wildman–Crippen LogP) is 2.01. The third-order valence-corrected chi connectivity index (χ3v) is 1.34. The van der Waals surface area contributed by atoms with Crippen LogP contribution < -0.4 is 0 Å². The van der Waals surface area contributed by atoms with E-state index in [0.717, 1.165) is 0 Å². The van der Waals surface area contributed by atoms with Crippen LogP contribution in [0.5, 0.6) is 0 Å². The molecule has 2 rings (SSSR count). The summed E-state index contributed by atoms with van der Waals surface area (Å²) in [5.74, 6) is 0. The first kappa shape index (κ1) is 7.70. The third-order valence-electron chi connectivity index (χ3n) is 1.34. The highest BCUT2D eigenvalue weighted by Gasteiger charge is 2.06. The topological polar surface area (TPSA) is 29.4 Å². The van der Waals surface area contributed by atoms with Gasteiger partial charge in [-0.15, -0.1) is 0 Å². The molecule has 0 aromatic heterocycles. The predicted molar refractivity (Wildman–Crippen MR) is 44.1 cm³/mol. The Hall–Kier alpha value is -1.40. The van der Waals surface area contributed by atoms with Gasteiger partial charge in [0.2, 0.25) is 6.08 Å². The van der Waals surface area contributed by atoms with Crippen LogP contribution in [0.25, 0.3) is 11.1 Å². The molecule has 0 aromatic carbocycles. The van der Waals surface area contributed by atoms with Crippen molar-refractivity contribution >= 4 is 6.08 Å². The number of isocyanates is 1. The Bertz CT molecular complexity index is 270. The van der Waals surface area contributed by atoms with Gasteiger partial charge in [0.25, 0.3) is 0 Å². The van der Waals surface area contributed by atoms with Crippen LogP contribution in [0.15, 0.2) is 29.3 Å². The maximum Gasteiger partial charge on any atom is 0.234 e. The number of hydrogen-bond acceptors (Lipinski definition) is 2. The molecule has 0 radical (unpaired) electrons. The van der Waals surface area contributed by atoms with Gasteiger partial charge in [0.05, 0.1) is 0 Å². The lowest BCUT2D eigenvalue weighted by Gasteiger charge is -1.58. The first-order valence-corrected chi connectivity index (χ1v) is 3.52. The fourth-order valence-electron chi connectivity index (χ4n) is 0.740. The van der Waals surface area contributed by atoms with Crippen molar-refractivity contribution in [2.45, 2.75) is 6.92 Å². The largest absolute Gasteiger partial charge is 0.234 e. The lowest BCUT2D eigenvalue weighted by atomic mass is 10.6. The Morgan fingerprint density at radius 3 is 2.18 bits per heavy atom. The summed E-state index contributed by atoms with van der Waals surface area (Å²) in [7, 11) is 0. The zero-order valence-electron chi connectivity index (χ0n) is 6.37. The molecule has 0 saturated heterocycles. The van der Waals surface area contributed by atoms with Gasteiger partial charge in [0.1, 0.15) is 0 Å². The zero-order valence-corrected chi connectivity index (χ0v) is 6.37. The molecule has 2 aliphatic rings. The maximum atomic E-state index is 9.11. The number of carbonyl (C=O) groups excluding carboxylic acids is 1. The third kappa shape index (κ3) is 2.36. The summed E-state index contributed by atoms with van der Waals surface area (Å²) in [4.78, 5) is 12.3. The van der Waals surface area contributed by atoms with Gasteiger partial charge in [0, 0.05) is 6.54 Å². The molecular formula is C9H9NO. The van der Waals surface area contributed by atoms with E-state index in [1.54, 1.807) is 6.92 Å². The van der Waals surface area contributed by atoms with Crippen LogP contribution in [0.3, 0.4) is 0 Å². The summed E-state index contributed by atoms with van der Waals surface area (Å²) in [5, 5.41) is 0. The second kappa shape index (κ2) is 3.69. The van der Waals surface area contributed by atoms with Crippen molar-refractivity contribution in [3.63, 3.8) is 0 Å². The van der Waals surface area contributed by atoms with Crippen molar-refractivity contribution in [2.24, 2.45) is 4.99 Å². The molecule has 0 aliphatic heterocycles. The van der Waals surface area contributed by atoms with E-state index in [4.69, 9.17) is 4.79 Å². The Morgan fingerprint density at radius 2 is 2.09 bits per heavy atom. The molecule has 0 amide bonds. The Morgan fingerprint density at radius 1 is 1.45 bits per heavy atom. The van der Waals surface area contributed by atoms with Crippen LogP contribution in [0.1, 0.15) is 6.92 Å². The average Bonchev–Trinajstić information content (AvgIpc) is 2.62. The van der Waals surface area contributed by atoms with Crippen LogP contribution in [-0.2, 0) is 4.79 Å². The quantitative estimate of drug-likeness (QED) is 0.448. The van der Waals surface area contributed by atoms with E-state index in [1.165, 1.54) is 17.2 Å². The summed E-state index contributed by atoms with van der Waals surface area (Å²) in [6.45, 7) is 2.33. The lowest BCUT2D eigenvalue weighted by Crippen LogP contribution is -1.58. The number of nitrogens with zero attached hydrogens (tertiary/aromatic N) is 1. The standard InChI is InChI=1S/C6H4.C3H5NO/c1-2-5-4-6(5)3-1;1-2-4-3-5/h1-4H;2H2,1H3. The number of aliphatic imine (C=N–C) groups is 1. The highest BCUT2D eigenvalue weighted by atomic mass is 16.1. The smallest absolute Gasteiger partial charge is 0.211 e. The summed E-state index contributed by atoms with van der Waals surface area (Å²) in [5.41, 5.74) is 2.85. The SMILES string of the molecule is CCN=C=O.c1cc2cc-2c1. The van der Waals surface area contributed by atoms with Crippen molar-refractivity contribution in [3.05, 3.63) is 24.3 Å². The van der Waals surface area contributed by atoms with Gasteiger partial charge in [-0.3, -0.25) is 0 Å². The minimum Gasteiger partial charge on any atom is -0.211 e. The highest BCUT2D eigenvalue weighted by molar-refractivity contribution is 5.80.